The van der Waals surface area contributed by atoms with Gasteiger partial charge in [0.15, 0.2) is 5.76 Å². The van der Waals surface area contributed by atoms with Crippen LogP contribution < -0.4 is 10.5 Å². The normalized spacial score (nSPS) is 17.0. The van der Waals surface area contributed by atoms with E-state index in [1.54, 1.807) is 6.07 Å². The molecule has 0 radical (unpaired) electrons. The summed E-state index contributed by atoms with van der Waals surface area (Å²) in [5.41, 5.74) is 9.24. The van der Waals surface area contributed by atoms with Crippen LogP contribution in [0, 0.1) is 0 Å². The van der Waals surface area contributed by atoms with Gasteiger partial charge in [-0.05, 0) is 49.6 Å². The first kappa shape index (κ1) is 18.9. The Balaban J connectivity index is 1.30. The van der Waals surface area contributed by atoms with Crippen molar-refractivity contribution in [3.05, 3.63) is 77.6 Å². The summed E-state index contributed by atoms with van der Waals surface area (Å²) >= 11 is 0. The predicted octanol–water partition coefficient (Wildman–Crippen LogP) is 4.01. The van der Waals surface area contributed by atoms with Gasteiger partial charge in [0.2, 0.25) is 0 Å². The van der Waals surface area contributed by atoms with Crippen molar-refractivity contribution < 1.29 is 13.9 Å². The molecule has 1 spiro atoms. The van der Waals surface area contributed by atoms with E-state index < -0.39 is 0 Å². The SMILES string of the molecule is NCCc1ccc2c(c1)C1(CCN(C(=O)c3ccc(-c4ccccc4)o3)CC1)CO2. The Hall–Kier alpha value is -3.05. The molecule has 5 heteroatoms. The molecule has 154 valence electrons. The third-order valence-corrected chi connectivity index (χ3v) is 6.44. The van der Waals surface area contributed by atoms with Crippen LogP contribution in [0.25, 0.3) is 11.3 Å². The number of hydrogen-bond donors (Lipinski definition) is 1. The van der Waals surface area contributed by atoms with Gasteiger partial charge in [-0.1, -0.05) is 42.5 Å². The molecule has 2 aliphatic heterocycles. The first-order chi connectivity index (χ1) is 14.7. The number of amides is 1. The minimum Gasteiger partial charge on any atom is -0.492 e. The summed E-state index contributed by atoms with van der Waals surface area (Å²) in [5.74, 6) is 2.06. The Morgan fingerprint density at radius 3 is 2.60 bits per heavy atom. The van der Waals surface area contributed by atoms with Crippen LogP contribution in [0.2, 0.25) is 0 Å². The topological polar surface area (TPSA) is 68.7 Å². The van der Waals surface area contributed by atoms with E-state index in [-0.39, 0.29) is 11.3 Å². The molecule has 1 saturated heterocycles. The highest BCUT2D eigenvalue weighted by atomic mass is 16.5. The molecule has 2 N–H and O–H groups in total. The number of nitrogens with two attached hydrogens (primary N) is 1. The number of furan rings is 1. The molecule has 3 heterocycles. The summed E-state index contributed by atoms with van der Waals surface area (Å²) in [6.07, 6.45) is 2.66. The number of fused-ring (bicyclic) bond motifs is 2. The van der Waals surface area contributed by atoms with Gasteiger partial charge in [0.1, 0.15) is 11.5 Å². The lowest BCUT2D eigenvalue weighted by Gasteiger charge is -2.38. The maximum absolute atomic E-state index is 13.0. The molecule has 3 aromatic rings. The number of ether oxygens (including phenoxy) is 1. The van der Waals surface area contributed by atoms with Crippen LogP contribution in [-0.2, 0) is 11.8 Å². The van der Waals surface area contributed by atoms with Crippen LogP contribution in [0.5, 0.6) is 5.75 Å². The average Bonchev–Trinajstić information content (AvgIpc) is 3.41. The number of likely N-dealkylation sites (tertiary alicyclic amines) is 1. The van der Waals surface area contributed by atoms with Crippen molar-refractivity contribution in [2.75, 3.05) is 26.2 Å². The number of rotatable bonds is 4. The van der Waals surface area contributed by atoms with E-state index >= 15 is 0 Å². The van der Waals surface area contributed by atoms with E-state index in [1.165, 1.54) is 11.1 Å². The third-order valence-electron chi connectivity index (χ3n) is 6.44. The highest BCUT2D eigenvalue weighted by molar-refractivity contribution is 5.92. The van der Waals surface area contributed by atoms with Gasteiger partial charge in [0.25, 0.3) is 5.91 Å². The van der Waals surface area contributed by atoms with Gasteiger partial charge in [-0.15, -0.1) is 0 Å². The van der Waals surface area contributed by atoms with Gasteiger partial charge in [-0.2, -0.15) is 0 Å². The second-order valence-electron chi connectivity index (χ2n) is 8.26. The molecule has 0 bridgehead atoms. The van der Waals surface area contributed by atoms with E-state index in [0.29, 0.717) is 32.0 Å². The van der Waals surface area contributed by atoms with Gasteiger partial charge >= 0.3 is 0 Å². The fraction of sp³-hybridized carbons (Fsp3) is 0.320. The number of piperidine rings is 1. The van der Waals surface area contributed by atoms with Crippen molar-refractivity contribution in [3.8, 4) is 17.1 Å². The third kappa shape index (κ3) is 3.29. The lowest BCUT2D eigenvalue weighted by Crippen LogP contribution is -2.46. The Morgan fingerprint density at radius 2 is 1.83 bits per heavy atom. The van der Waals surface area contributed by atoms with E-state index in [9.17, 15) is 4.79 Å². The predicted molar refractivity (Wildman–Crippen MR) is 116 cm³/mol. The zero-order chi connectivity index (χ0) is 20.6. The Bertz CT molecular complexity index is 1050. The van der Waals surface area contributed by atoms with Gasteiger partial charge in [0.05, 0.1) is 6.61 Å². The lowest BCUT2D eigenvalue weighted by molar-refractivity contribution is 0.0616. The molecule has 2 aromatic carbocycles. The molecule has 0 saturated carbocycles. The number of carbonyl (C=O) groups is 1. The van der Waals surface area contributed by atoms with Crippen LogP contribution >= 0.6 is 0 Å². The van der Waals surface area contributed by atoms with Crippen molar-refractivity contribution in [1.82, 2.24) is 4.90 Å². The van der Waals surface area contributed by atoms with E-state index in [2.05, 4.69) is 18.2 Å². The van der Waals surface area contributed by atoms with Crippen LogP contribution in [0.4, 0.5) is 0 Å². The summed E-state index contributed by atoms with van der Waals surface area (Å²) in [6.45, 7) is 2.73. The number of nitrogens with zero attached hydrogens (tertiary/aromatic N) is 1. The molecule has 1 fully saturated rings. The second-order valence-corrected chi connectivity index (χ2v) is 8.26. The molecule has 5 rings (SSSR count). The summed E-state index contributed by atoms with van der Waals surface area (Å²) in [4.78, 5) is 14.9. The minimum absolute atomic E-state index is 0.00488. The molecule has 2 aliphatic rings. The molecular weight excluding hydrogens is 376 g/mol. The van der Waals surface area contributed by atoms with Crippen molar-refractivity contribution in [1.29, 1.82) is 0 Å². The minimum atomic E-state index is -0.0388. The average molecular weight is 402 g/mol. The standard InChI is InChI=1S/C25H26N2O3/c26-13-10-18-6-7-22-20(16-18)25(17-29-22)11-14-27(15-12-25)24(28)23-9-8-21(30-23)19-4-2-1-3-5-19/h1-9,16H,10-15,17,26H2. The highest BCUT2D eigenvalue weighted by Crippen LogP contribution is 2.46. The van der Waals surface area contributed by atoms with Crippen molar-refractivity contribution in [3.63, 3.8) is 0 Å². The maximum atomic E-state index is 13.0. The number of carbonyl (C=O) groups excluding carboxylic acids is 1. The van der Waals surface area contributed by atoms with Crippen molar-refractivity contribution in [2.45, 2.75) is 24.7 Å². The smallest absolute Gasteiger partial charge is 0.289 e. The second kappa shape index (κ2) is 7.65. The summed E-state index contributed by atoms with van der Waals surface area (Å²) in [6, 6.07) is 19.9. The zero-order valence-corrected chi connectivity index (χ0v) is 17.0. The van der Waals surface area contributed by atoms with Crippen LogP contribution in [0.1, 0.15) is 34.5 Å². The van der Waals surface area contributed by atoms with Crippen LogP contribution in [0.3, 0.4) is 0 Å². The molecule has 30 heavy (non-hydrogen) atoms. The molecule has 1 amide bonds. The number of hydrogen-bond acceptors (Lipinski definition) is 4. The van der Waals surface area contributed by atoms with E-state index in [0.717, 1.165) is 36.3 Å². The Labute approximate surface area is 176 Å². The Kier molecular flexibility index (Phi) is 4.83. The monoisotopic (exact) mass is 402 g/mol. The van der Waals surface area contributed by atoms with Gasteiger partial charge < -0.3 is 19.8 Å². The summed E-state index contributed by atoms with van der Waals surface area (Å²) in [5, 5.41) is 0. The largest absolute Gasteiger partial charge is 0.492 e. The highest BCUT2D eigenvalue weighted by Gasteiger charge is 2.44. The molecule has 0 unspecified atom stereocenters. The first-order valence-corrected chi connectivity index (χ1v) is 10.6. The lowest BCUT2D eigenvalue weighted by atomic mass is 9.74. The van der Waals surface area contributed by atoms with Crippen molar-refractivity contribution in [2.24, 2.45) is 5.73 Å². The fourth-order valence-electron chi connectivity index (χ4n) is 4.65. The van der Waals surface area contributed by atoms with Gasteiger partial charge in [-0.25, -0.2) is 0 Å². The number of benzene rings is 2. The molecule has 1 aromatic heterocycles. The quantitative estimate of drug-likeness (QED) is 0.716. The molecule has 5 nitrogen and oxygen atoms in total. The molecule has 0 atom stereocenters. The summed E-state index contributed by atoms with van der Waals surface area (Å²) in [7, 11) is 0. The van der Waals surface area contributed by atoms with Crippen LogP contribution in [-0.4, -0.2) is 37.0 Å². The first-order valence-electron chi connectivity index (χ1n) is 10.6. The maximum Gasteiger partial charge on any atom is 0.289 e. The zero-order valence-electron chi connectivity index (χ0n) is 17.0. The van der Waals surface area contributed by atoms with Gasteiger partial charge in [0, 0.05) is 29.6 Å². The molecular formula is C25H26N2O3. The van der Waals surface area contributed by atoms with Crippen LogP contribution in [0.15, 0.2) is 65.1 Å². The van der Waals surface area contributed by atoms with E-state index in [4.69, 9.17) is 14.9 Å². The van der Waals surface area contributed by atoms with Gasteiger partial charge in [-0.3, -0.25) is 4.79 Å². The van der Waals surface area contributed by atoms with E-state index in [1.807, 2.05) is 41.3 Å². The fourth-order valence-corrected chi connectivity index (χ4v) is 4.65. The molecule has 0 aliphatic carbocycles. The Morgan fingerprint density at radius 1 is 1.03 bits per heavy atom. The summed E-state index contributed by atoms with van der Waals surface area (Å²) < 4.78 is 11.9. The van der Waals surface area contributed by atoms with Crippen molar-refractivity contribution >= 4 is 5.91 Å².